The predicted octanol–water partition coefficient (Wildman–Crippen LogP) is 7.27. The summed E-state index contributed by atoms with van der Waals surface area (Å²) in [7, 11) is 0. The zero-order valence-electron chi connectivity index (χ0n) is 20.6. The molecule has 4 rings (SSSR count). The quantitative estimate of drug-likeness (QED) is 0.157. The first-order valence-corrected chi connectivity index (χ1v) is 12.4. The van der Waals surface area contributed by atoms with Gasteiger partial charge in [0.25, 0.3) is 0 Å². The van der Waals surface area contributed by atoms with Gasteiger partial charge in [0.15, 0.2) is 0 Å². The summed E-state index contributed by atoms with van der Waals surface area (Å²) in [5.41, 5.74) is 2.48. The number of unbranched alkanes of at least 4 members (excludes halogenated alkanes) is 2. The number of ether oxygens (including phenoxy) is 2. The summed E-state index contributed by atoms with van der Waals surface area (Å²) >= 11 is 0. The van der Waals surface area contributed by atoms with E-state index in [2.05, 4.69) is 0 Å². The third-order valence-corrected chi connectivity index (χ3v) is 6.01. The summed E-state index contributed by atoms with van der Waals surface area (Å²) in [6, 6.07) is 20.4. The predicted molar refractivity (Wildman–Crippen MR) is 136 cm³/mol. The molecule has 0 bridgehead atoms. The van der Waals surface area contributed by atoms with E-state index >= 15 is 0 Å². The second-order valence-corrected chi connectivity index (χ2v) is 8.66. The van der Waals surface area contributed by atoms with Crippen molar-refractivity contribution in [2.45, 2.75) is 45.3 Å². The van der Waals surface area contributed by atoms with E-state index in [0.29, 0.717) is 37.6 Å². The number of rotatable bonds is 11. The number of nitrogens with zero attached hydrogens (tertiary/aromatic N) is 2. The number of alkyl halides is 3. The van der Waals surface area contributed by atoms with Crippen molar-refractivity contribution in [3.8, 4) is 17.1 Å². The van der Waals surface area contributed by atoms with Gasteiger partial charge in [0, 0.05) is 17.5 Å². The van der Waals surface area contributed by atoms with E-state index in [9.17, 15) is 18.0 Å². The Balaban J connectivity index is 1.51. The Labute approximate surface area is 213 Å². The fourth-order valence-electron chi connectivity index (χ4n) is 4.17. The van der Waals surface area contributed by atoms with Gasteiger partial charge < -0.3 is 14.0 Å². The zero-order valence-corrected chi connectivity index (χ0v) is 20.6. The number of fused-ring (bicyclic) bond motifs is 1. The highest BCUT2D eigenvalue weighted by Gasteiger charge is 2.30. The maximum atomic E-state index is 13.1. The van der Waals surface area contributed by atoms with Gasteiger partial charge in [-0.1, -0.05) is 42.5 Å². The van der Waals surface area contributed by atoms with E-state index in [1.807, 2.05) is 53.1 Å². The van der Waals surface area contributed by atoms with Crippen LogP contribution in [-0.4, -0.2) is 28.7 Å². The fourth-order valence-corrected chi connectivity index (χ4v) is 4.17. The highest BCUT2D eigenvalue weighted by Crippen LogP contribution is 2.32. The highest BCUT2D eigenvalue weighted by molar-refractivity contribution is 5.81. The molecule has 0 aliphatic rings. The van der Waals surface area contributed by atoms with Gasteiger partial charge in [0.05, 0.1) is 36.4 Å². The number of carbonyl (C=O) groups is 1. The molecule has 0 saturated carbocycles. The first kappa shape index (κ1) is 26.3. The summed E-state index contributed by atoms with van der Waals surface area (Å²) in [6.45, 7) is 3.14. The number of benzene rings is 3. The van der Waals surface area contributed by atoms with Crippen LogP contribution in [0.1, 0.15) is 43.7 Å². The number of para-hydroxylation sites is 3. The highest BCUT2D eigenvalue weighted by atomic mass is 19.4. The van der Waals surface area contributed by atoms with Crippen LogP contribution in [0.2, 0.25) is 0 Å². The van der Waals surface area contributed by atoms with Crippen molar-refractivity contribution in [2.24, 2.45) is 0 Å². The van der Waals surface area contributed by atoms with Crippen LogP contribution >= 0.6 is 0 Å². The Morgan fingerprint density at radius 3 is 2.41 bits per heavy atom. The number of halogens is 3. The van der Waals surface area contributed by atoms with Crippen molar-refractivity contribution in [3.05, 3.63) is 83.9 Å². The van der Waals surface area contributed by atoms with Crippen molar-refractivity contribution in [3.63, 3.8) is 0 Å². The Kier molecular flexibility index (Phi) is 8.48. The molecule has 0 aliphatic carbocycles. The first-order valence-electron chi connectivity index (χ1n) is 12.4. The van der Waals surface area contributed by atoms with Gasteiger partial charge >= 0.3 is 12.1 Å². The van der Waals surface area contributed by atoms with Crippen molar-refractivity contribution in [1.29, 1.82) is 0 Å². The average Bonchev–Trinajstić information content (AvgIpc) is 3.25. The zero-order chi connectivity index (χ0) is 26.3. The average molecular weight is 511 g/mol. The second-order valence-electron chi connectivity index (χ2n) is 8.66. The summed E-state index contributed by atoms with van der Waals surface area (Å²) in [4.78, 5) is 16.2. The van der Waals surface area contributed by atoms with E-state index in [4.69, 9.17) is 14.5 Å². The van der Waals surface area contributed by atoms with Gasteiger partial charge in [0.1, 0.15) is 11.6 Å². The monoisotopic (exact) mass is 510 g/mol. The number of esters is 1. The fraction of sp³-hybridized carbons (Fsp3) is 0.310. The molecular formula is C29H29F3N2O3. The van der Waals surface area contributed by atoms with Crippen LogP contribution in [0.4, 0.5) is 13.2 Å². The Morgan fingerprint density at radius 1 is 0.919 bits per heavy atom. The maximum Gasteiger partial charge on any atom is 0.416 e. The van der Waals surface area contributed by atoms with Crippen molar-refractivity contribution >= 4 is 17.0 Å². The Bertz CT molecular complexity index is 1330. The molecular weight excluding hydrogens is 481 g/mol. The van der Waals surface area contributed by atoms with E-state index in [1.54, 1.807) is 6.92 Å². The molecule has 37 heavy (non-hydrogen) atoms. The van der Waals surface area contributed by atoms with Crippen molar-refractivity contribution < 1.29 is 27.4 Å². The molecule has 0 N–H and O–H groups in total. The van der Waals surface area contributed by atoms with Crippen LogP contribution in [-0.2, 0) is 22.3 Å². The summed E-state index contributed by atoms with van der Waals surface area (Å²) in [6.07, 6.45) is -1.58. The van der Waals surface area contributed by atoms with Crippen LogP contribution in [0.15, 0.2) is 72.8 Å². The molecule has 0 amide bonds. The van der Waals surface area contributed by atoms with E-state index in [0.717, 1.165) is 53.7 Å². The molecule has 0 saturated heterocycles. The lowest BCUT2D eigenvalue weighted by atomic mass is 10.1. The van der Waals surface area contributed by atoms with E-state index in [-0.39, 0.29) is 5.97 Å². The van der Waals surface area contributed by atoms with Crippen molar-refractivity contribution in [1.82, 2.24) is 9.55 Å². The van der Waals surface area contributed by atoms with Crippen molar-refractivity contribution in [2.75, 3.05) is 13.2 Å². The minimum atomic E-state index is -4.40. The van der Waals surface area contributed by atoms with Gasteiger partial charge in [-0.2, -0.15) is 13.2 Å². The smallest absolute Gasteiger partial charge is 0.416 e. The third kappa shape index (κ3) is 6.70. The number of aromatic nitrogens is 2. The standard InChI is InChI=1S/C29H29F3N2O3/c1-2-36-27(35)14-4-3-9-19-37-26-13-8-5-10-22(26)20-34-25-12-7-6-11-24(25)33-28(34)21-15-17-23(18-16-21)29(30,31)32/h5-8,10-13,15-18H,2-4,9,14,19-20H2,1H3. The summed E-state index contributed by atoms with van der Waals surface area (Å²) < 4.78 is 52.3. The topological polar surface area (TPSA) is 53.4 Å². The molecule has 1 aromatic heterocycles. The SMILES string of the molecule is CCOC(=O)CCCCCOc1ccccc1Cn1c(-c2ccc(C(F)(F)F)cc2)nc2ccccc21. The Hall–Kier alpha value is -3.81. The van der Waals surface area contributed by atoms with Crippen LogP contribution in [0.25, 0.3) is 22.4 Å². The maximum absolute atomic E-state index is 13.1. The molecule has 0 aliphatic heterocycles. The summed E-state index contributed by atoms with van der Waals surface area (Å²) in [5.74, 6) is 1.15. The van der Waals surface area contributed by atoms with Gasteiger partial charge in [-0.25, -0.2) is 4.98 Å². The summed E-state index contributed by atoms with van der Waals surface area (Å²) in [5, 5.41) is 0. The lowest BCUT2D eigenvalue weighted by Gasteiger charge is -2.15. The molecule has 4 aromatic rings. The second kappa shape index (κ2) is 12.0. The van der Waals surface area contributed by atoms with Crippen LogP contribution in [0, 0.1) is 0 Å². The van der Waals surface area contributed by atoms with Gasteiger partial charge in [0.2, 0.25) is 0 Å². The number of hydrogen-bond acceptors (Lipinski definition) is 4. The molecule has 194 valence electrons. The first-order chi connectivity index (χ1) is 17.9. The number of imidazole rings is 1. The van der Waals surface area contributed by atoms with E-state index < -0.39 is 11.7 Å². The normalized spacial score (nSPS) is 11.6. The lowest BCUT2D eigenvalue weighted by molar-refractivity contribution is -0.143. The van der Waals surface area contributed by atoms with Crippen LogP contribution in [0.3, 0.4) is 0 Å². The largest absolute Gasteiger partial charge is 0.493 e. The minimum absolute atomic E-state index is 0.176. The molecule has 0 spiro atoms. The van der Waals surface area contributed by atoms with Gasteiger partial charge in [-0.3, -0.25) is 4.79 Å². The van der Waals surface area contributed by atoms with Gasteiger partial charge in [-0.05, 0) is 56.5 Å². The third-order valence-electron chi connectivity index (χ3n) is 6.01. The van der Waals surface area contributed by atoms with Crippen LogP contribution in [0.5, 0.6) is 5.75 Å². The minimum Gasteiger partial charge on any atom is -0.493 e. The number of hydrogen-bond donors (Lipinski definition) is 0. The Morgan fingerprint density at radius 2 is 1.65 bits per heavy atom. The molecule has 8 heteroatoms. The molecule has 0 atom stereocenters. The molecule has 0 radical (unpaired) electrons. The van der Waals surface area contributed by atoms with Crippen LogP contribution < -0.4 is 4.74 Å². The van der Waals surface area contributed by atoms with E-state index in [1.165, 1.54) is 12.1 Å². The molecule has 1 heterocycles. The number of carbonyl (C=O) groups excluding carboxylic acids is 1. The lowest BCUT2D eigenvalue weighted by Crippen LogP contribution is -2.07. The van der Waals surface area contributed by atoms with Gasteiger partial charge in [-0.15, -0.1) is 0 Å². The molecule has 0 fully saturated rings. The molecule has 5 nitrogen and oxygen atoms in total. The molecule has 0 unspecified atom stereocenters. The molecule has 3 aromatic carbocycles.